The fraction of sp³-hybridized carbons (Fsp3) is 0.571. The van der Waals surface area contributed by atoms with Gasteiger partial charge < -0.3 is 19.9 Å². The van der Waals surface area contributed by atoms with Crippen LogP contribution in [0.3, 0.4) is 0 Å². The molecular formula is C21H30N4O4. The summed E-state index contributed by atoms with van der Waals surface area (Å²) in [5.41, 5.74) is 1.23. The molecule has 8 nitrogen and oxygen atoms in total. The van der Waals surface area contributed by atoms with E-state index in [0.29, 0.717) is 12.5 Å². The maximum absolute atomic E-state index is 12.4. The van der Waals surface area contributed by atoms with E-state index in [0.717, 1.165) is 44.6 Å². The van der Waals surface area contributed by atoms with Gasteiger partial charge in [-0.3, -0.25) is 14.9 Å². The van der Waals surface area contributed by atoms with Crippen molar-refractivity contribution in [3.05, 3.63) is 29.8 Å². The Bertz CT molecular complexity index is 746. The summed E-state index contributed by atoms with van der Waals surface area (Å²) in [6.45, 7) is 3.71. The minimum atomic E-state index is -0.755. The van der Waals surface area contributed by atoms with Crippen LogP contribution in [0.2, 0.25) is 0 Å². The Morgan fingerprint density at radius 1 is 1.24 bits per heavy atom. The molecule has 2 saturated heterocycles. The zero-order valence-corrected chi connectivity index (χ0v) is 17.1. The zero-order valence-electron chi connectivity index (χ0n) is 17.1. The van der Waals surface area contributed by atoms with Gasteiger partial charge >= 0.3 is 6.03 Å². The smallest absolute Gasteiger partial charge is 0.322 e. The third-order valence-electron chi connectivity index (χ3n) is 5.79. The molecule has 1 unspecified atom stereocenters. The first kappa shape index (κ1) is 21.1. The second-order valence-corrected chi connectivity index (χ2v) is 7.84. The number of carbonyl (C=O) groups is 3. The van der Waals surface area contributed by atoms with E-state index < -0.39 is 18.0 Å². The number of urea groups is 1. The van der Waals surface area contributed by atoms with Gasteiger partial charge in [-0.15, -0.1) is 0 Å². The third kappa shape index (κ3) is 5.69. The minimum absolute atomic E-state index is 0.00578. The van der Waals surface area contributed by atoms with Crippen molar-refractivity contribution < 1.29 is 19.1 Å². The number of hydrogen-bond acceptors (Lipinski definition) is 5. The van der Waals surface area contributed by atoms with Crippen LogP contribution in [0.5, 0.6) is 5.75 Å². The van der Waals surface area contributed by atoms with Crippen LogP contribution >= 0.6 is 0 Å². The normalized spacial score (nSPS) is 20.3. The van der Waals surface area contributed by atoms with Crippen molar-refractivity contribution in [2.45, 2.75) is 31.7 Å². The molecule has 0 spiro atoms. The maximum Gasteiger partial charge on any atom is 0.322 e. The van der Waals surface area contributed by atoms with E-state index in [4.69, 9.17) is 4.74 Å². The molecule has 0 aromatic heterocycles. The number of rotatable bonds is 8. The lowest BCUT2D eigenvalue weighted by molar-refractivity contribution is -0.133. The van der Waals surface area contributed by atoms with Crippen LogP contribution in [0.15, 0.2) is 24.3 Å². The van der Waals surface area contributed by atoms with Crippen molar-refractivity contribution in [2.24, 2.45) is 5.92 Å². The number of carbonyl (C=O) groups excluding carboxylic acids is 3. The number of ether oxygens (including phenoxy) is 1. The quantitative estimate of drug-likeness (QED) is 0.634. The number of likely N-dealkylation sites (tertiary alicyclic amines) is 1. The molecule has 0 aliphatic carbocycles. The van der Waals surface area contributed by atoms with Crippen LogP contribution in [0, 0.1) is 5.92 Å². The van der Waals surface area contributed by atoms with Gasteiger partial charge in [0.2, 0.25) is 5.91 Å². The highest BCUT2D eigenvalue weighted by atomic mass is 16.5. The molecular weight excluding hydrogens is 372 g/mol. The van der Waals surface area contributed by atoms with Gasteiger partial charge in [0.25, 0.3) is 5.91 Å². The fourth-order valence-electron chi connectivity index (χ4n) is 4.00. The standard InChI is InChI=1S/C21H30N4O4/c1-24(19(26)13-17-20(27)23-21(28)22-17)14-15-7-10-25(11-8-15)12-9-16-5-3-4-6-18(16)29-2/h3-6,15,17H,7-14H2,1-2H3,(H2,22,23,27,28). The Kier molecular flexibility index (Phi) is 7.09. The van der Waals surface area contributed by atoms with Gasteiger partial charge in [0.05, 0.1) is 13.5 Å². The van der Waals surface area contributed by atoms with Crippen LogP contribution in [-0.4, -0.2) is 74.0 Å². The molecule has 2 aliphatic rings. The zero-order chi connectivity index (χ0) is 20.8. The number of nitrogens with zero attached hydrogens (tertiary/aromatic N) is 2. The molecule has 0 bridgehead atoms. The first-order valence-electron chi connectivity index (χ1n) is 10.2. The number of piperidine rings is 1. The highest BCUT2D eigenvalue weighted by Crippen LogP contribution is 2.21. The van der Waals surface area contributed by atoms with Crippen molar-refractivity contribution >= 4 is 17.8 Å². The monoisotopic (exact) mass is 402 g/mol. The number of para-hydroxylation sites is 1. The van der Waals surface area contributed by atoms with E-state index in [1.807, 2.05) is 18.2 Å². The van der Waals surface area contributed by atoms with E-state index in [9.17, 15) is 14.4 Å². The van der Waals surface area contributed by atoms with Gasteiger partial charge in [0.1, 0.15) is 11.8 Å². The summed E-state index contributed by atoms with van der Waals surface area (Å²) in [4.78, 5) is 39.3. The molecule has 2 aliphatic heterocycles. The molecule has 1 atom stereocenters. The highest BCUT2D eigenvalue weighted by molar-refractivity contribution is 6.05. The molecule has 29 heavy (non-hydrogen) atoms. The lowest BCUT2D eigenvalue weighted by Crippen LogP contribution is -2.42. The van der Waals surface area contributed by atoms with Gasteiger partial charge in [-0.1, -0.05) is 18.2 Å². The number of hydrogen-bond donors (Lipinski definition) is 2. The lowest BCUT2D eigenvalue weighted by Gasteiger charge is -2.34. The SMILES string of the molecule is COc1ccccc1CCN1CCC(CN(C)C(=O)CC2NC(=O)NC2=O)CC1. The minimum Gasteiger partial charge on any atom is -0.496 e. The van der Waals surface area contributed by atoms with Crippen molar-refractivity contribution in [1.82, 2.24) is 20.4 Å². The van der Waals surface area contributed by atoms with Crippen LogP contribution < -0.4 is 15.4 Å². The molecule has 1 aromatic rings. The average molecular weight is 402 g/mol. The van der Waals surface area contributed by atoms with Crippen LogP contribution in [0.25, 0.3) is 0 Å². The summed E-state index contributed by atoms with van der Waals surface area (Å²) < 4.78 is 5.42. The van der Waals surface area contributed by atoms with Gasteiger partial charge in [0, 0.05) is 20.1 Å². The molecule has 158 valence electrons. The molecule has 2 N–H and O–H groups in total. The number of nitrogens with one attached hydrogen (secondary N) is 2. The molecule has 0 saturated carbocycles. The summed E-state index contributed by atoms with van der Waals surface area (Å²) in [7, 11) is 3.47. The Balaban J connectivity index is 1.38. The number of methoxy groups -OCH3 is 1. The van der Waals surface area contributed by atoms with Crippen molar-refractivity contribution in [1.29, 1.82) is 0 Å². The average Bonchev–Trinajstić information content (AvgIpc) is 3.04. The number of amides is 4. The van der Waals surface area contributed by atoms with Crippen molar-refractivity contribution in [3.63, 3.8) is 0 Å². The topological polar surface area (TPSA) is 91.0 Å². The second-order valence-electron chi connectivity index (χ2n) is 7.84. The van der Waals surface area contributed by atoms with E-state index in [1.54, 1.807) is 19.1 Å². The number of imide groups is 1. The van der Waals surface area contributed by atoms with Crippen molar-refractivity contribution in [2.75, 3.05) is 40.3 Å². The van der Waals surface area contributed by atoms with Gasteiger partial charge in [-0.05, 0) is 49.9 Å². The van der Waals surface area contributed by atoms with Crippen LogP contribution in [0.4, 0.5) is 4.79 Å². The summed E-state index contributed by atoms with van der Waals surface area (Å²) in [5, 5.41) is 4.63. The summed E-state index contributed by atoms with van der Waals surface area (Å²) >= 11 is 0. The third-order valence-corrected chi connectivity index (χ3v) is 5.79. The lowest BCUT2D eigenvalue weighted by atomic mass is 9.95. The van der Waals surface area contributed by atoms with Crippen LogP contribution in [0.1, 0.15) is 24.8 Å². The second kappa shape index (κ2) is 9.73. The summed E-state index contributed by atoms with van der Waals surface area (Å²) in [6, 6.07) is 6.84. The largest absolute Gasteiger partial charge is 0.496 e. The molecule has 2 fully saturated rings. The van der Waals surface area contributed by atoms with E-state index in [2.05, 4.69) is 21.6 Å². The fourth-order valence-corrected chi connectivity index (χ4v) is 4.00. The van der Waals surface area contributed by atoms with E-state index >= 15 is 0 Å². The molecule has 0 radical (unpaired) electrons. The summed E-state index contributed by atoms with van der Waals surface area (Å²) in [6.07, 6.45) is 3.06. The molecule has 1 aromatic carbocycles. The van der Waals surface area contributed by atoms with Gasteiger partial charge in [-0.25, -0.2) is 4.79 Å². The van der Waals surface area contributed by atoms with Gasteiger partial charge in [0.15, 0.2) is 0 Å². The van der Waals surface area contributed by atoms with Gasteiger partial charge in [-0.2, -0.15) is 0 Å². The molecule has 2 heterocycles. The number of benzene rings is 1. The molecule has 3 rings (SSSR count). The highest BCUT2D eigenvalue weighted by Gasteiger charge is 2.32. The Labute approximate surface area is 171 Å². The Hall–Kier alpha value is -2.61. The Morgan fingerprint density at radius 2 is 1.97 bits per heavy atom. The molecule has 8 heteroatoms. The van der Waals surface area contributed by atoms with E-state index in [1.165, 1.54) is 5.56 Å². The summed E-state index contributed by atoms with van der Waals surface area (Å²) in [5.74, 6) is 0.846. The Morgan fingerprint density at radius 3 is 2.62 bits per heavy atom. The van der Waals surface area contributed by atoms with Crippen LogP contribution in [-0.2, 0) is 16.0 Å². The predicted molar refractivity (Wildman–Crippen MR) is 109 cm³/mol. The first-order chi connectivity index (χ1) is 14.0. The molecule has 4 amide bonds. The maximum atomic E-state index is 12.4. The first-order valence-corrected chi connectivity index (χ1v) is 10.2. The van der Waals surface area contributed by atoms with E-state index in [-0.39, 0.29) is 12.3 Å². The van der Waals surface area contributed by atoms with Crippen molar-refractivity contribution in [3.8, 4) is 5.75 Å². The predicted octanol–water partition coefficient (Wildman–Crippen LogP) is 1.01.